The van der Waals surface area contributed by atoms with E-state index in [4.69, 9.17) is 23.2 Å². The molecule has 0 atom stereocenters. The Morgan fingerprint density at radius 2 is 1.82 bits per heavy atom. The molecule has 85 valence electrons. The van der Waals surface area contributed by atoms with Crippen LogP contribution in [0.2, 0.25) is 10.0 Å². The van der Waals surface area contributed by atoms with Crippen LogP contribution in [0.5, 0.6) is 0 Å². The molecule has 0 unspecified atom stereocenters. The summed E-state index contributed by atoms with van der Waals surface area (Å²) in [6.07, 6.45) is 3.02. The third-order valence-electron chi connectivity index (χ3n) is 2.11. The van der Waals surface area contributed by atoms with Crippen LogP contribution < -0.4 is 5.56 Å². The lowest BCUT2D eigenvalue weighted by molar-refractivity contribution is 0.563. The summed E-state index contributed by atoms with van der Waals surface area (Å²) < 4.78 is 1.10. The van der Waals surface area contributed by atoms with E-state index in [2.05, 4.69) is 5.10 Å². The Bertz CT molecular complexity index is 620. The third-order valence-corrected chi connectivity index (χ3v) is 2.85. The van der Waals surface area contributed by atoms with E-state index in [-0.39, 0.29) is 10.0 Å². The minimum absolute atomic E-state index is 0.0901. The van der Waals surface area contributed by atoms with E-state index >= 15 is 0 Å². The maximum Gasteiger partial charge on any atom is 0.291 e. The highest BCUT2D eigenvalue weighted by Gasteiger charge is 2.08. The molecule has 0 N–H and O–H groups in total. The van der Waals surface area contributed by atoms with Gasteiger partial charge in [0.2, 0.25) is 6.29 Å². The lowest BCUT2D eigenvalue weighted by Gasteiger charge is -2.04. The highest BCUT2D eigenvalue weighted by molar-refractivity contribution is 6.41. The van der Waals surface area contributed by atoms with Gasteiger partial charge in [-0.05, 0) is 24.3 Å². The predicted molar refractivity (Wildman–Crippen MR) is 64.6 cm³/mol. The van der Waals surface area contributed by atoms with Gasteiger partial charge in [0.05, 0.1) is 16.9 Å². The molecular formula is C11H5Cl2N2O2. The van der Waals surface area contributed by atoms with Gasteiger partial charge in [-0.25, -0.2) is 0 Å². The van der Waals surface area contributed by atoms with E-state index < -0.39 is 5.56 Å². The lowest BCUT2D eigenvalue weighted by Crippen LogP contribution is -2.21. The van der Waals surface area contributed by atoms with Crippen molar-refractivity contribution in [3.05, 3.63) is 56.4 Å². The summed E-state index contributed by atoms with van der Waals surface area (Å²) in [7, 11) is 0. The van der Waals surface area contributed by atoms with Crippen molar-refractivity contribution in [3.63, 3.8) is 0 Å². The molecule has 0 saturated carbocycles. The average molecular weight is 268 g/mol. The normalized spacial score (nSPS) is 10.2. The van der Waals surface area contributed by atoms with Crippen molar-refractivity contribution < 1.29 is 4.79 Å². The second kappa shape index (κ2) is 4.69. The van der Waals surface area contributed by atoms with Crippen LogP contribution in [0.15, 0.2) is 35.3 Å². The van der Waals surface area contributed by atoms with Crippen LogP contribution in [0.25, 0.3) is 5.69 Å². The molecule has 0 bridgehead atoms. The molecule has 1 aromatic heterocycles. The first-order valence-corrected chi connectivity index (χ1v) is 5.31. The number of halogens is 2. The summed E-state index contributed by atoms with van der Waals surface area (Å²) in [6.45, 7) is 0. The van der Waals surface area contributed by atoms with Crippen molar-refractivity contribution in [2.24, 2.45) is 0 Å². The topological polar surface area (TPSA) is 52.0 Å². The van der Waals surface area contributed by atoms with Crippen LogP contribution in [0.4, 0.5) is 0 Å². The van der Waals surface area contributed by atoms with E-state index in [1.807, 2.05) is 0 Å². The lowest BCUT2D eigenvalue weighted by atomic mass is 10.2. The van der Waals surface area contributed by atoms with Gasteiger partial charge in [-0.2, -0.15) is 9.78 Å². The first-order valence-electron chi connectivity index (χ1n) is 4.55. The number of nitrogens with zero attached hydrogens (tertiary/aromatic N) is 2. The number of rotatable bonds is 2. The van der Waals surface area contributed by atoms with Crippen molar-refractivity contribution in [1.82, 2.24) is 9.78 Å². The second-order valence-corrected chi connectivity index (χ2v) is 3.96. The fraction of sp³-hybridized carbons (Fsp3) is 0. The van der Waals surface area contributed by atoms with Gasteiger partial charge in [0.15, 0.2) is 0 Å². The number of aromatic nitrogens is 2. The van der Waals surface area contributed by atoms with E-state index in [1.165, 1.54) is 18.3 Å². The molecule has 1 radical (unpaired) electrons. The largest absolute Gasteiger partial charge is 0.291 e. The minimum Gasteiger partial charge on any atom is -0.285 e. The van der Waals surface area contributed by atoms with Crippen molar-refractivity contribution >= 4 is 29.5 Å². The average Bonchev–Trinajstić information content (AvgIpc) is 2.36. The molecule has 0 aliphatic rings. The van der Waals surface area contributed by atoms with Gasteiger partial charge < -0.3 is 0 Å². The fourth-order valence-corrected chi connectivity index (χ4v) is 1.52. The zero-order chi connectivity index (χ0) is 12.4. The Labute approximate surface area is 106 Å². The molecule has 0 aliphatic heterocycles. The molecule has 6 heteroatoms. The Morgan fingerprint density at radius 3 is 2.41 bits per heavy atom. The van der Waals surface area contributed by atoms with Crippen molar-refractivity contribution in [3.8, 4) is 5.69 Å². The van der Waals surface area contributed by atoms with Gasteiger partial charge in [-0.3, -0.25) is 9.59 Å². The molecule has 1 aromatic carbocycles. The molecule has 2 rings (SSSR count). The summed E-state index contributed by atoms with van der Waals surface area (Å²) in [5.41, 5.74) is 0.372. The first-order chi connectivity index (χ1) is 8.13. The van der Waals surface area contributed by atoms with Gasteiger partial charge >= 0.3 is 0 Å². The van der Waals surface area contributed by atoms with Crippen molar-refractivity contribution in [1.29, 1.82) is 0 Å². The minimum atomic E-state index is -0.512. The van der Waals surface area contributed by atoms with Crippen LogP contribution in [0.1, 0.15) is 5.56 Å². The van der Waals surface area contributed by atoms with Crippen LogP contribution in [-0.2, 0) is 4.79 Å². The van der Waals surface area contributed by atoms with E-state index in [0.717, 1.165) is 4.68 Å². The third kappa shape index (κ3) is 2.23. The van der Waals surface area contributed by atoms with E-state index in [9.17, 15) is 9.59 Å². The zero-order valence-electron chi connectivity index (χ0n) is 8.35. The molecule has 17 heavy (non-hydrogen) atoms. The van der Waals surface area contributed by atoms with Gasteiger partial charge in [-0.15, -0.1) is 0 Å². The first kappa shape index (κ1) is 11.8. The number of hydrogen-bond acceptors (Lipinski definition) is 3. The Hall–Kier alpha value is -1.65. The monoisotopic (exact) mass is 267 g/mol. The number of benzene rings is 1. The predicted octanol–water partition coefficient (Wildman–Crippen LogP) is 2.00. The molecule has 0 saturated heterocycles. The summed E-state index contributed by atoms with van der Waals surface area (Å²) >= 11 is 11.4. The van der Waals surface area contributed by atoms with Crippen LogP contribution in [0, 0.1) is 0 Å². The summed E-state index contributed by atoms with van der Waals surface area (Å²) in [5, 5.41) is 3.87. The van der Waals surface area contributed by atoms with Gasteiger partial charge in [0.1, 0.15) is 5.02 Å². The van der Waals surface area contributed by atoms with Gasteiger partial charge in [-0.1, -0.05) is 23.2 Å². The molecule has 4 nitrogen and oxygen atoms in total. The number of hydrogen-bond donors (Lipinski definition) is 0. The van der Waals surface area contributed by atoms with Crippen LogP contribution in [-0.4, -0.2) is 16.1 Å². The Kier molecular flexibility index (Phi) is 3.26. The summed E-state index contributed by atoms with van der Waals surface area (Å²) in [4.78, 5) is 22.1. The van der Waals surface area contributed by atoms with Crippen molar-refractivity contribution in [2.45, 2.75) is 0 Å². The second-order valence-electron chi connectivity index (χ2n) is 3.17. The van der Waals surface area contributed by atoms with Crippen molar-refractivity contribution in [2.75, 3.05) is 0 Å². The standard InChI is InChI=1S/C11H5Cl2N2O2/c12-9-5-14-15(11(17)10(9)13)8-3-1-7(6-16)2-4-8/h1-5H. The SMILES string of the molecule is O=[C]c1ccc(-n2ncc(Cl)c(Cl)c2=O)cc1. The van der Waals surface area contributed by atoms with Crippen LogP contribution in [0.3, 0.4) is 0 Å². The maximum atomic E-state index is 11.8. The molecule has 0 fully saturated rings. The maximum absolute atomic E-state index is 11.8. The van der Waals surface area contributed by atoms with Gasteiger partial charge in [0, 0.05) is 5.56 Å². The van der Waals surface area contributed by atoms with E-state index in [0.29, 0.717) is 11.3 Å². The number of carbonyl (C=O) groups excluding carboxylic acids is 1. The fourth-order valence-electron chi connectivity index (χ4n) is 1.27. The Morgan fingerprint density at radius 1 is 1.18 bits per heavy atom. The molecule has 1 heterocycles. The smallest absolute Gasteiger partial charge is 0.285 e. The molecule has 0 spiro atoms. The molecule has 0 aliphatic carbocycles. The van der Waals surface area contributed by atoms with Gasteiger partial charge in [0.25, 0.3) is 5.56 Å². The highest BCUT2D eigenvalue weighted by atomic mass is 35.5. The Balaban J connectivity index is 2.57. The van der Waals surface area contributed by atoms with Crippen LogP contribution >= 0.6 is 23.2 Å². The summed E-state index contributed by atoms with van der Waals surface area (Å²) in [6, 6.07) is 6.19. The molecule has 2 aromatic rings. The summed E-state index contributed by atoms with van der Waals surface area (Å²) in [5.74, 6) is 0. The zero-order valence-corrected chi connectivity index (χ0v) is 9.87. The quantitative estimate of drug-likeness (QED) is 0.837. The molecular weight excluding hydrogens is 263 g/mol. The molecule has 0 amide bonds. The van der Waals surface area contributed by atoms with E-state index in [1.54, 1.807) is 18.4 Å². The highest BCUT2D eigenvalue weighted by Crippen LogP contribution is 2.16.